The standard InChI is InChI=1S/C19H25NO/c1-4-15(2)18-10-5-6-11-19(18)21-14-17-9-7-8-16(12-17)13-20-3/h5-12,15,20H,4,13-14H2,1-3H3. The van der Waals surface area contributed by atoms with Crippen LogP contribution in [0.5, 0.6) is 5.75 Å². The van der Waals surface area contributed by atoms with Gasteiger partial charge in [0, 0.05) is 6.54 Å². The van der Waals surface area contributed by atoms with Crippen molar-refractivity contribution in [3.05, 3.63) is 65.2 Å². The van der Waals surface area contributed by atoms with Gasteiger partial charge in [-0.15, -0.1) is 0 Å². The van der Waals surface area contributed by atoms with Crippen LogP contribution >= 0.6 is 0 Å². The lowest BCUT2D eigenvalue weighted by Crippen LogP contribution is -2.06. The van der Waals surface area contributed by atoms with Crippen molar-refractivity contribution >= 4 is 0 Å². The molecule has 0 saturated heterocycles. The normalized spacial score (nSPS) is 12.1. The van der Waals surface area contributed by atoms with Gasteiger partial charge in [-0.25, -0.2) is 0 Å². The molecule has 2 aromatic carbocycles. The van der Waals surface area contributed by atoms with Crippen molar-refractivity contribution in [1.29, 1.82) is 0 Å². The van der Waals surface area contributed by atoms with Crippen LogP contribution in [0, 0.1) is 0 Å². The van der Waals surface area contributed by atoms with Crippen molar-refractivity contribution in [2.24, 2.45) is 0 Å². The maximum Gasteiger partial charge on any atom is 0.123 e. The fourth-order valence-electron chi connectivity index (χ4n) is 2.43. The van der Waals surface area contributed by atoms with Crippen molar-refractivity contribution in [2.75, 3.05) is 7.05 Å². The Labute approximate surface area is 128 Å². The molecule has 1 atom stereocenters. The lowest BCUT2D eigenvalue weighted by Gasteiger charge is -2.16. The summed E-state index contributed by atoms with van der Waals surface area (Å²) in [4.78, 5) is 0. The summed E-state index contributed by atoms with van der Waals surface area (Å²) in [5.74, 6) is 1.53. The number of hydrogen-bond acceptors (Lipinski definition) is 2. The van der Waals surface area contributed by atoms with E-state index in [0.29, 0.717) is 12.5 Å². The van der Waals surface area contributed by atoms with Gasteiger partial charge in [-0.1, -0.05) is 56.3 Å². The highest BCUT2D eigenvalue weighted by Gasteiger charge is 2.09. The van der Waals surface area contributed by atoms with Gasteiger partial charge >= 0.3 is 0 Å². The number of ether oxygens (including phenoxy) is 1. The first-order valence-electron chi connectivity index (χ1n) is 7.68. The van der Waals surface area contributed by atoms with E-state index in [4.69, 9.17) is 4.74 Å². The SMILES string of the molecule is CCC(C)c1ccccc1OCc1cccc(CNC)c1. The molecule has 0 fully saturated rings. The summed E-state index contributed by atoms with van der Waals surface area (Å²) in [5.41, 5.74) is 3.79. The van der Waals surface area contributed by atoms with Crippen LogP contribution in [0.25, 0.3) is 0 Å². The molecular formula is C19H25NO. The first-order valence-corrected chi connectivity index (χ1v) is 7.68. The fourth-order valence-corrected chi connectivity index (χ4v) is 2.43. The maximum atomic E-state index is 6.06. The Bertz CT molecular complexity index is 565. The molecule has 0 aliphatic rings. The molecule has 21 heavy (non-hydrogen) atoms. The van der Waals surface area contributed by atoms with E-state index in [1.165, 1.54) is 16.7 Å². The van der Waals surface area contributed by atoms with E-state index >= 15 is 0 Å². The third kappa shape index (κ3) is 4.33. The van der Waals surface area contributed by atoms with Crippen molar-refractivity contribution < 1.29 is 4.74 Å². The summed E-state index contributed by atoms with van der Waals surface area (Å²) in [6, 6.07) is 16.9. The van der Waals surface area contributed by atoms with Gasteiger partial charge < -0.3 is 10.1 Å². The average Bonchev–Trinajstić information content (AvgIpc) is 2.53. The van der Waals surface area contributed by atoms with E-state index in [0.717, 1.165) is 18.7 Å². The van der Waals surface area contributed by atoms with Gasteiger partial charge in [0.15, 0.2) is 0 Å². The third-order valence-corrected chi connectivity index (χ3v) is 3.83. The minimum Gasteiger partial charge on any atom is -0.489 e. The Morgan fingerprint density at radius 2 is 1.81 bits per heavy atom. The van der Waals surface area contributed by atoms with Crippen LogP contribution in [0.2, 0.25) is 0 Å². The van der Waals surface area contributed by atoms with Gasteiger partial charge in [0.1, 0.15) is 12.4 Å². The van der Waals surface area contributed by atoms with E-state index < -0.39 is 0 Å². The predicted octanol–water partition coefficient (Wildman–Crippen LogP) is 4.50. The molecule has 1 unspecified atom stereocenters. The van der Waals surface area contributed by atoms with E-state index in [1.54, 1.807) is 0 Å². The summed E-state index contributed by atoms with van der Waals surface area (Å²) in [7, 11) is 1.96. The second-order valence-corrected chi connectivity index (χ2v) is 5.49. The Morgan fingerprint density at radius 3 is 2.57 bits per heavy atom. The first-order chi connectivity index (χ1) is 10.2. The molecule has 2 nitrogen and oxygen atoms in total. The molecule has 0 saturated carbocycles. The summed E-state index contributed by atoms with van der Waals surface area (Å²) < 4.78 is 6.06. The number of rotatable bonds is 7. The van der Waals surface area contributed by atoms with Gasteiger partial charge in [-0.05, 0) is 42.1 Å². The van der Waals surface area contributed by atoms with E-state index in [9.17, 15) is 0 Å². The lowest BCUT2D eigenvalue weighted by atomic mass is 9.98. The van der Waals surface area contributed by atoms with Gasteiger partial charge in [0.2, 0.25) is 0 Å². The largest absolute Gasteiger partial charge is 0.489 e. The van der Waals surface area contributed by atoms with Gasteiger partial charge in [-0.2, -0.15) is 0 Å². The quantitative estimate of drug-likeness (QED) is 0.808. The zero-order valence-corrected chi connectivity index (χ0v) is 13.2. The summed E-state index contributed by atoms with van der Waals surface area (Å²) >= 11 is 0. The van der Waals surface area contributed by atoms with Gasteiger partial charge in [0.05, 0.1) is 0 Å². The second kappa shape index (κ2) is 7.84. The van der Waals surface area contributed by atoms with Gasteiger partial charge in [-0.3, -0.25) is 0 Å². The van der Waals surface area contributed by atoms with E-state index in [2.05, 4.69) is 61.6 Å². The third-order valence-electron chi connectivity index (χ3n) is 3.83. The molecule has 0 aliphatic heterocycles. The molecule has 0 spiro atoms. The van der Waals surface area contributed by atoms with Crippen LogP contribution in [0.3, 0.4) is 0 Å². The molecule has 2 rings (SSSR count). The second-order valence-electron chi connectivity index (χ2n) is 5.49. The highest BCUT2D eigenvalue weighted by atomic mass is 16.5. The van der Waals surface area contributed by atoms with Crippen molar-refractivity contribution in [2.45, 2.75) is 39.3 Å². The highest BCUT2D eigenvalue weighted by molar-refractivity contribution is 5.36. The molecule has 2 aromatic rings. The lowest BCUT2D eigenvalue weighted by molar-refractivity contribution is 0.301. The molecule has 0 amide bonds. The molecule has 112 valence electrons. The van der Waals surface area contributed by atoms with Crippen molar-refractivity contribution in [3.8, 4) is 5.75 Å². The molecule has 0 radical (unpaired) electrons. The zero-order chi connectivity index (χ0) is 15.1. The summed E-state index contributed by atoms with van der Waals surface area (Å²) in [6.45, 7) is 5.96. The minimum absolute atomic E-state index is 0.525. The maximum absolute atomic E-state index is 6.06. The van der Waals surface area contributed by atoms with Crippen molar-refractivity contribution in [1.82, 2.24) is 5.32 Å². The van der Waals surface area contributed by atoms with Crippen LogP contribution in [0.1, 0.15) is 42.9 Å². The van der Waals surface area contributed by atoms with Crippen molar-refractivity contribution in [3.63, 3.8) is 0 Å². The predicted molar refractivity (Wildman–Crippen MR) is 88.7 cm³/mol. The highest BCUT2D eigenvalue weighted by Crippen LogP contribution is 2.28. The molecule has 0 bridgehead atoms. The number of para-hydroxylation sites is 1. The topological polar surface area (TPSA) is 21.3 Å². The zero-order valence-electron chi connectivity index (χ0n) is 13.2. The number of nitrogens with one attached hydrogen (secondary N) is 1. The molecule has 0 heterocycles. The minimum atomic E-state index is 0.525. The Morgan fingerprint density at radius 1 is 1.05 bits per heavy atom. The van der Waals surface area contributed by atoms with Crippen LogP contribution in [-0.2, 0) is 13.2 Å². The smallest absolute Gasteiger partial charge is 0.123 e. The number of benzene rings is 2. The monoisotopic (exact) mass is 283 g/mol. The Balaban J connectivity index is 2.08. The average molecular weight is 283 g/mol. The van der Waals surface area contributed by atoms with Crippen LogP contribution in [-0.4, -0.2) is 7.05 Å². The first kappa shape index (κ1) is 15.6. The number of hydrogen-bond donors (Lipinski definition) is 1. The van der Waals surface area contributed by atoms with Crippen LogP contribution in [0.4, 0.5) is 0 Å². The van der Waals surface area contributed by atoms with E-state index in [-0.39, 0.29) is 0 Å². The molecule has 0 aromatic heterocycles. The Hall–Kier alpha value is -1.80. The summed E-state index contributed by atoms with van der Waals surface area (Å²) in [6.07, 6.45) is 1.12. The van der Waals surface area contributed by atoms with Gasteiger partial charge in [0.25, 0.3) is 0 Å². The molecule has 2 heteroatoms. The van der Waals surface area contributed by atoms with E-state index in [1.807, 2.05) is 13.1 Å². The van der Waals surface area contributed by atoms with Crippen LogP contribution < -0.4 is 10.1 Å². The fraction of sp³-hybridized carbons (Fsp3) is 0.368. The summed E-state index contributed by atoms with van der Waals surface area (Å²) in [5, 5.41) is 3.18. The Kier molecular flexibility index (Phi) is 5.82. The molecular weight excluding hydrogens is 258 g/mol. The van der Waals surface area contributed by atoms with Crippen LogP contribution in [0.15, 0.2) is 48.5 Å². The molecule has 1 N–H and O–H groups in total. The molecule has 0 aliphatic carbocycles.